The van der Waals surface area contributed by atoms with Crippen LogP contribution in [0, 0.1) is 0 Å². The number of hydrogen-bond donors (Lipinski definition) is 1. The van der Waals surface area contributed by atoms with Crippen LogP contribution in [0.3, 0.4) is 0 Å². The summed E-state index contributed by atoms with van der Waals surface area (Å²) < 4.78 is 18.0. The molecule has 2 aliphatic rings. The normalized spacial score (nSPS) is 24.2. The summed E-state index contributed by atoms with van der Waals surface area (Å²) in [6.45, 7) is 2.09. The van der Waals surface area contributed by atoms with E-state index in [9.17, 15) is 0 Å². The van der Waals surface area contributed by atoms with E-state index in [2.05, 4.69) is 36.4 Å². The highest BCUT2D eigenvalue weighted by molar-refractivity contribution is 5.87. The molecule has 0 amide bonds. The molecule has 0 unspecified atom stereocenters. The van der Waals surface area contributed by atoms with Gasteiger partial charge in [-0.25, -0.2) is 0 Å². The van der Waals surface area contributed by atoms with Gasteiger partial charge < -0.3 is 19.9 Å². The molecular weight excluding hydrogens is 326 g/mol. The van der Waals surface area contributed by atoms with Crippen LogP contribution in [0.15, 0.2) is 36.4 Å². The third-order valence-corrected chi connectivity index (χ3v) is 5.54. The van der Waals surface area contributed by atoms with Gasteiger partial charge in [0, 0.05) is 5.92 Å². The van der Waals surface area contributed by atoms with Crippen LogP contribution in [-0.4, -0.2) is 32.2 Å². The Morgan fingerprint density at radius 1 is 1.04 bits per heavy atom. The predicted molar refractivity (Wildman–Crippen MR) is 104 cm³/mol. The average Bonchev–Trinajstić information content (AvgIpc) is 3.19. The van der Waals surface area contributed by atoms with Gasteiger partial charge in [-0.05, 0) is 73.5 Å². The van der Waals surface area contributed by atoms with Crippen LogP contribution in [0.2, 0.25) is 0 Å². The number of nitrogens with two attached hydrogens (primary N) is 1. The summed E-state index contributed by atoms with van der Waals surface area (Å²) >= 11 is 0. The monoisotopic (exact) mass is 355 g/mol. The van der Waals surface area contributed by atoms with Crippen molar-refractivity contribution in [3.05, 3.63) is 42.0 Å². The summed E-state index contributed by atoms with van der Waals surface area (Å²) in [5.74, 6) is 1.26. The van der Waals surface area contributed by atoms with Crippen LogP contribution in [0.5, 0.6) is 5.75 Å². The summed E-state index contributed by atoms with van der Waals surface area (Å²) in [5, 5.41) is 2.49. The highest BCUT2D eigenvalue weighted by atomic mass is 16.7. The van der Waals surface area contributed by atoms with Crippen LogP contribution >= 0.6 is 0 Å². The van der Waals surface area contributed by atoms with E-state index >= 15 is 0 Å². The predicted octanol–water partition coefficient (Wildman–Crippen LogP) is 4.36. The van der Waals surface area contributed by atoms with E-state index in [1.165, 1.54) is 42.0 Å². The number of ether oxygens (including phenoxy) is 3. The van der Waals surface area contributed by atoms with Crippen LogP contribution in [-0.2, 0) is 9.47 Å². The third kappa shape index (κ3) is 4.03. The molecule has 4 nitrogen and oxygen atoms in total. The fourth-order valence-corrected chi connectivity index (χ4v) is 4.09. The lowest BCUT2D eigenvalue weighted by Gasteiger charge is -2.30. The summed E-state index contributed by atoms with van der Waals surface area (Å²) in [4.78, 5) is 0. The van der Waals surface area contributed by atoms with Crippen LogP contribution in [0.4, 0.5) is 0 Å². The van der Waals surface area contributed by atoms with Crippen molar-refractivity contribution in [3.63, 3.8) is 0 Å². The zero-order valence-corrected chi connectivity index (χ0v) is 15.4. The molecule has 1 saturated heterocycles. The van der Waals surface area contributed by atoms with E-state index in [1.807, 2.05) is 0 Å². The Morgan fingerprint density at radius 2 is 1.85 bits per heavy atom. The van der Waals surface area contributed by atoms with Crippen molar-refractivity contribution < 1.29 is 14.2 Å². The van der Waals surface area contributed by atoms with Crippen molar-refractivity contribution in [2.24, 2.45) is 5.73 Å². The van der Waals surface area contributed by atoms with Gasteiger partial charge in [0.05, 0.1) is 19.3 Å². The Kier molecular flexibility index (Phi) is 5.73. The van der Waals surface area contributed by atoms with Gasteiger partial charge >= 0.3 is 0 Å². The second-order valence-corrected chi connectivity index (χ2v) is 7.48. The zero-order chi connectivity index (χ0) is 17.8. The summed E-state index contributed by atoms with van der Waals surface area (Å²) in [5.41, 5.74) is 6.87. The van der Waals surface area contributed by atoms with Crippen molar-refractivity contribution in [2.75, 3.05) is 19.8 Å². The Labute approximate surface area is 155 Å². The van der Waals surface area contributed by atoms with Crippen LogP contribution in [0.1, 0.15) is 50.0 Å². The third-order valence-electron chi connectivity index (χ3n) is 5.54. The van der Waals surface area contributed by atoms with Gasteiger partial charge in [-0.3, -0.25) is 0 Å². The molecule has 4 heteroatoms. The first kappa shape index (κ1) is 17.8. The van der Waals surface area contributed by atoms with E-state index in [0.717, 1.165) is 18.6 Å². The quantitative estimate of drug-likeness (QED) is 0.837. The molecular formula is C22H29NO3. The Hall–Kier alpha value is -1.62. The van der Waals surface area contributed by atoms with Gasteiger partial charge in [-0.1, -0.05) is 24.3 Å². The minimum atomic E-state index is -0.101. The minimum absolute atomic E-state index is 0.101. The van der Waals surface area contributed by atoms with Crippen molar-refractivity contribution in [3.8, 4) is 5.75 Å². The molecule has 2 fully saturated rings. The maximum absolute atomic E-state index is 6.16. The lowest BCUT2D eigenvalue weighted by Crippen LogP contribution is -2.31. The van der Waals surface area contributed by atoms with Crippen LogP contribution < -0.4 is 10.5 Å². The summed E-state index contributed by atoms with van der Waals surface area (Å²) in [7, 11) is 0. The molecule has 140 valence electrons. The smallest absolute Gasteiger partial charge is 0.157 e. The molecule has 0 atom stereocenters. The van der Waals surface area contributed by atoms with Gasteiger partial charge in [-0.2, -0.15) is 0 Å². The SMILES string of the molecule is NCCCC1OCC(c2cccc3cc(OC4CCCC4)ccc23)CO1. The lowest BCUT2D eigenvalue weighted by molar-refractivity contribution is -0.189. The summed E-state index contributed by atoms with van der Waals surface area (Å²) in [6, 6.07) is 12.9. The molecule has 1 aliphatic heterocycles. The molecule has 2 aromatic rings. The fourth-order valence-electron chi connectivity index (χ4n) is 4.09. The van der Waals surface area contributed by atoms with Gasteiger partial charge in [0.1, 0.15) is 5.75 Å². The topological polar surface area (TPSA) is 53.7 Å². The van der Waals surface area contributed by atoms with E-state index in [0.29, 0.717) is 25.9 Å². The molecule has 0 aromatic heterocycles. The molecule has 1 heterocycles. The Balaban J connectivity index is 1.47. The molecule has 1 aliphatic carbocycles. The fraction of sp³-hybridized carbons (Fsp3) is 0.545. The van der Waals surface area contributed by atoms with Crippen molar-refractivity contribution >= 4 is 10.8 Å². The van der Waals surface area contributed by atoms with Crippen molar-refractivity contribution in [1.29, 1.82) is 0 Å². The van der Waals surface area contributed by atoms with Crippen molar-refractivity contribution in [2.45, 2.75) is 56.8 Å². The molecule has 4 rings (SSSR count). The maximum Gasteiger partial charge on any atom is 0.157 e. The number of benzene rings is 2. The molecule has 2 N–H and O–H groups in total. The Bertz CT molecular complexity index is 718. The minimum Gasteiger partial charge on any atom is -0.490 e. The first-order valence-corrected chi connectivity index (χ1v) is 9.96. The van der Waals surface area contributed by atoms with Crippen molar-refractivity contribution in [1.82, 2.24) is 0 Å². The van der Waals surface area contributed by atoms with Gasteiger partial charge in [0.15, 0.2) is 6.29 Å². The van der Waals surface area contributed by atoms with E-state index in [4.69, 9.17) is 19.9 Å². The van der Waals surface area contributed by atoms with E-state index in [-0.39, 0.29) is 12.2 Å². The highest BCUT2D eigenvalue weighted by Crippen LogP contribution is 2.32. The lowest BCUT2D eigenvalue weighted by atomic mass is 9.94. The number of fused-ring (bicyclic) bond motifs is 1. The summed E-state index contributed by atoms with van der Waals surface area (Å²) in [6.07, 6.45) is 7.04. The molecule has 1 saturated carbocycles. The first-order chi connectivity index (χ1) is 12.8. The molecule has 26 heavy (non-hydrogen) atoms. The zero-order valence-electron chi connectivity index (χ0n) is 15.4. The second-order valence-electron chi connectivity index (χ2n) is 7.48. The number of hydrogen-bond acceptors (Lipinski definition) is 4. The molecule has 2 aromatic carbocycles. The molecule has 0 spiro atoms. The molecule has 0 radical (unpaired) electrons. The standard InChI is InChI=1S/C22H29NO3/c23-12-4-9-22-24-14-17(15-25-22)20-8-3-5-16-13-19(10-11-21(16)20)26-18-6-1-2-7-18/h3,5,8,10-11,13,17-18,22H,1-2,4,6-7,9,12,14-15,23H2. The number of rotatable bonds is 6. The van der Waals surface area contributed by atoms with Gasteiger partial charge in [0.25, 0.3) is 0 Å². The van der Waals surface area contributed by atoms with Gasteiger partial charge in [0.2, 0.25) is 0 Å². The first-order valence-electron chi connectivity index (χ1n) is 9.96. The highest BCUT2D eigenvalue weighted by Gasteiger charge is 2.24. The second kappa shape index (κ2) is 8.38. The molecule has 0 bridgehead atoms. The average molecular weight is 355 g/mol. The van der Waals surface area contributed by atoms with Crippen LogP contribution in [0.25, 0.3) is 10.8 Å². The van der Waals surface area contributed by atoms with E-state index < -0.39 is 0 Å². The maximum atomic E-state index is 6.16. The Morgan fingerprint density at radius 3 is 2.62 bits per heavy atom. The van der Waals surface area contributed by atoms with E-state index in [1.54, 1.807) is 0 Å². The largest absolute Gasteiger partial charge is 0.490 e. The van der Waals surface area contributed by atoms with Gasteiger partial charge in [-0.15, -0.1) is 0 Å².